The van der Waals surface area contributed by atoms with Crippen molar-refractivity contribution < 1.29 is 40.7 Å². The van der Waals surface area contributed by atoms with Crippen LogP contribution < -0.4 is 16.0 Å². The van der Waals surface area contributed by atoms with Crippen molar-refractivity contribution in [1.29, 1.82) is 0 Å². The van der Waals surface area contributed by atoms with E-state index in [1.165, 1.54) is 0 Å². The van der Waals surface area contributed by atoms with Gasteiger partial charge in [-0.1, -0.05) is 30.3 Å². The summed E-state index contributed by atoms with van der Waals surface area (Å²) in [4.78, 5) is 34.4. The van der Waals surface area contributed by atoms with Gasteiger partial charge in [0.2, 0.25) is 5.91 Å². The molecule has 1 aromatic rings. The predicted octanol–water partition coefficient (Wildman–Crippen LogP) is 2.63. The summed E-state index contributed by atoms with van der Waals surface area (Å²) >= 11 is 0. The highest BCUT2D eigenvalue weighted by Gasteiger charge is 2.41. The highest BCUT2D eigenvalue weighted by Crippen LogP contribution is 2.16. The molecule has 0 aliphatic heterocycles. The van der Waals surface area contributed by atoms with E-state index in [0.717, 1.165) is 5.56 Å². The Kier molecular flexibility index (Phi) is 9.79. The van der Waals surface area contributed by atoms with E-state index in [1.807, 2.05) is 0 Å². The molecule has 0 aliphatic carbocycles. The maximum atomic E-state index is 12.6. The lowest BCUT2D eigenvalue weighted by atomic mass is 10.1. The van der Waals surface area contributed by atoms with Gasteiger partial charge in [-0.25, -0.2) is 0 Å². The molecule has 0 bridgehead atoms. The smallest absolute Gasteiger partial charge is 0.352 e. The molecule has 0 heterocycles. The lowest BCUT2D eigenvalue weighted by molar-refractivity contribution is -0.174. The van der Waals surface area contributed by atoms with Crippen LogP contribution in [0.4, 0.5) is 26.3 Å². The number of rotatable bonds is 10. The number of hydrogen-bond acceptors (Lipinski definition) is 3. The first-order chi connectivity index (χ1) is 14.3. The minimum atomic E-state index is -5.20. The Morgan fingerprint density at radius 3 is 2.00 bits per heavy atom. The van der Waals surface area contributed by atoms with E-state index >= 15 is 0 Å². The molecule has 3 amide bonds. The quantitative estimate of drug-likeness (QED) is 0.375. The molecule has 0 aromatic heterocycles. The maximum Gasteiger partial charge on any atom is 0.471 e. The van der Waals surface area contributed by atoms with Crippen molar-refractivity contribution >= 4 is 17.7 Å². The summed E-state index contributed by atoms with van der Waals surface area (Å²) in [7, 11) is 0. The van der Waals surface area contributed by atoms with Crippen molar-refractivity contribution in [2.75, 3.05) is 6.54 Å². The summed E-state index contributed by atoms with van der Waals surface area (Å²) in [6.45, 7) is 1.25. The standard InChI is InChI=1S/C19H23F6N3O3/c1-12(11-13-7-3-2-4-8-13)27-15(29)14(28-17(31)19(23,24)25)9-5-6-10-26-16(30)18(20,21)22/h2-4,7-8,12,14H,5-6,9-11H2,1H3,(H,26,30)(H,27,29)(H,28,31)/t12-,14-/m0/s1. The fraction of sp³-hybridized carbons (Fsp3) is 0.526. The van der Waals surface area contributed by atoms with Crippen LogP contribution in [0.2, 0.25) is 0 Å². The first kappa shape index (κ1) is 26.2. The molecular weight excluding hydrogens is 432 g/mol. The summed E-state index contributed by atoms with van der Waals surface area (Å²) < 4.78 is 74.0. The summed E-state index contributed by atoms with van der Waals surface area (Å²) in [5, 5.41) is 5.75. The number of halogens is 6. The van der Waals surface area contributed by atoms with Gasteiger partial charge in [0, 0.05) is 12.6 Å². The zero-order valence-electron chi connectivity index (χ0n) is 16.6. The van der Waals surface area contributed by atoms with Crippen molar-refractivity contribution in [2.24, 2.45) is 0 Å². The summed E-state index contributed by atoms with van der Waals surface area (Å²) in [5.74, 6) is -5.28. The fourth-order valence-electron chi connectivity index (χ4n) is 2.65. The number of carbonyl (C=O) groups excluding carboxylic acids is 3. The van der Waals surface area contributed by atoms with E-state index in [4.69, 9.17) is 0 Å². The molecule has 2 atom stereocenters. The number of hydrogen-bond donors (Lipinski definition) is 3. The molecule has 0 aliphatic rings. The molecule has 0 fully saturated rings. The predicted molar refractivity (Wildman–Crippen MR) is 98.7 cm³/mol. The molecule has 174 valence electrons. The number of benzene rings is 1. The van der Waals surface area contributed by atoms with Crippen LogP contribution in [0.3, 0.4) is 0 Å². The highest BCUT2D eigenvalue weighted by molar-refractivity contribution is 5.89. The first-order valence-corrected chi connectivity index (χ1v) is 9.37. The molecule has 6 nitrogen and oxygen atoms in total. The largest absolute Gasteiger partial charge is 0.471 e. The highest BCUT2D eigenvalue weighted by atomic mass is 19.4. The summed E-state index contributed by atoms with van der Waals surface area (Å²) in [6, 6.07) is 6.99. The SMILES string of the molecule is C[C@@H](Cc1ccccc1)NC(=O)[C@H](CCCCNC(=O)C(F)(F)F)NC(=O)C(F)(F)F. The Morgan fingerprint density at radius 2 is 1.45 bits per heavy atom. The van der Waals surface area contributed by atoms with E-state index < -0.39 is 42.2 Å². The Bertz CT molecular complexity index is 738. The molecular formula is C19H23F6N3O3. The van der Waals surface area contributed by atoms with Gasteiger partial charge in [-0.2, -0.15) is 26.3 Å². The normalized spacial score (nSPS) is 13.8. The number of unbranched alkanes of at least 4 members (excludes halogenated alkanes) is 1. The Morgan fingerprint density at radius 1 is 0.871 bits per heavy atom. The molecule has 1 aromatic carbocycles. The number of nitrogens with one attached hydrogen (secondary N) is 3. The lowest BCUT2D eigenvalue weighted by Gasteiger charge is -2.22. The molecule has 0 saturated heterocycles. The second kappa shape index (κ2) is 11.6. The van der Waals surface area contributed by atoms with Gasteiger partial charge in [0.25, 0.3) is 0 Å². The Balaban J connectivity index is 2.62. The average molecular weight is 455 g/mol. The van der Waals surface area contributed by atoms with Gasteiger partial charge in [-0.05, 0) is 38.2 Å². The van der Waals surface area contributed by atoms with Crippen molar-refractivity contribution in [3.05, 3.63) is 35.9 Å². The zero-order chi connectivity index (χ0) is 23.7. The minimum Gasteiger partial charge on any atom is -0.352 e. The maximum absolute atomic E-state index is 12.6. The fourth-order valence-corrected chi connectivity index (χ4v) is 2.65. The van der Waals surface area contributed by atoms with Crippen molar-refractivity contribution in [3.8, 4) is 0 Å². The molecule has 3 N–H and O–H groups in total. The minimum absolute atomic E-state index is 0.0125. The van der Waals surface area contributed by atoms with E-state index in [-0.39, 0.29) is 25.8 Å². The molecule has 31 heavy (non-hydrogen) atoms. The number of amides is 3. The lowest BCUT2D eigenvalue weighted by Crippen LogP contribution is -2.52. The van der Waals surface area contributed by atoms with Gasteiger partial charge in [-0.15, -0.1) is 0 Å². The Labute approximate surface area is 174 Å². The third-order valence-corrected chi connectivity index (χ3v) is 4.12. The Hall–Kier alpha value is -2.79. The van der Waals surface area contributed by atoms with Gasteiger partial charge in [0.05, 0.1) is 0 Å². The summed E-state index contributed by atoms with van der Waals surface area (Å²) in [6.07, 6.45) is -10.1. The van der Waals surface area contributed by atoms with Crippen molar-refractivity contribution in [3.63, 3.8) is 0 Å². The van der Waals surface area contributed by atoms with Crippen LogP contribution in [-0.2, 0) is 20.8 Å². The van der Waals surface area contributed by atoms with E-state index in [1.54, 1.807) is 47.9 Å². The second-order valence-corrected chi connectivity index (χ2v) is 6.87. The number of alkyl halides is 6. The monoisotopic (exact) mass is 455 g/mol. The van der Waals surface area contributed by atoms with Crippen LogP contribution in [0.5, 0.6) is 0 Å². The molecule has 0 spiro atoms. The van der Waals surface area contributed by atoms with Crippen LogP contribution in [0, 0.1) is 0 Å². The van der Waals surface area contributed by atoms with Crippen LogP contribution in [0.1, 0.15) is 31.7 Å². The third-order valence-electron chi connectivity index (χ3n) is 4.12. The summed E-state index contributed by atoms with van der Waals surface area (Å²) in [5.41, 5.74) is 0.881. The van der Waals surface area contributed by atoms with Gasteiger partial charge in [0.15, 0.2) is 0 Å². The van der Waals surface area contributed by atoms with E-state index in [9.17, 15) is 40.7 Å². The molecule has 0 saturated carbocycles. The molecule has 0 unspecified atom stereocenters. The average Bonchev–Trinajstić information content (AvgIpc) is 2.65. The topological polar surface area (TPSA) is 87.3 Å². The van der Waals surface area contributed by atoms with Gasteiger partial charge >= 0.3 is 24.2 Å². The molecule has 12 heteroatoms. The van der Waals surface area contributed by atoms with Crippen molar-refractivity contribution in [2.45, 2.75) is 57.0 Å². The van der Waals surface area contributed by atoms with Gasteiger partial charge in [0.1, 0.15) is 6.04 Å². The van der Waals surface area contributed by atoms with E-state index in [2.05, 4.69) is 5.32 Å². The second-order valence-electron chi connectivity index (χ2n) is 6.87. The van der Waals surface area contributed by atoms with Gasteiger partial charge < -0.3 is 16.0 Å². The molecule has 1 rings (SSSR count). The zero-order valence-corrected chi connectivity index (χ0v) is 16.6. The number of carbonyl (C=O) groups is 3. The van der Waals surface area contributed by atoms with Crippen LogP contribution in [0.25, 0.3) is 0 Å². The first-order valence-electron chi connectivity index (χ1n) is 9.37. The van der Waals surface area contributed by atoms with Crippen LogP contribution in [-0.4, -0.2) is 48.7 Å². The van der Waals surface area contributed by atoms with Gasteiger partial charge in [-0.3, -0.25) is 14.4 Å². The van der Waals surface area contributed by atoms with E-state index in [0.29, 0.717) is 6.42 Å². The third kappa shape index (κ3) is 10.2. The van der Waals surface area contributed by atoms with Crippen molar-refractivity contribution in [1.82, 2.24) is 16.0 Å². The van der Waals surface area contributed by atoms with Crippen LogP contribution in [0.15, 0.2) is 30.3 Å². The van der Waals surface area contributed by atoms with Crippen LogP contribution >= 0.6 is 0 Å². The molecule has 0 radical (unpaired) electrons.